The summed E-state index contributed by atoms with van der Waals surface area (Å²) in [6.45, 7) is 18.8. The molecule has 0 radical (unpaired) electrons. The standard InChI is InChI=1S/C30H49NO2/c1-25(2)14-16-30-17-15-28(6)19(23(30)24(25)33-18-30)8-9-21-27(5)12-11-22(31-32)26(3,4)20(27)10-13-29(21,28)7/h11,19-21,23-24,31-32H,8-10,12-18H2,1-7H3. The van der Waals surface area contributed by atoms with Gasteiger partial charge in [-0.15, -0.1) is 0 Å². The molecule has 2 bridgehead atoms. The lowest BCUT2D eigenvalue weighted by atomic mass is 9.32. The first-order valence-corrected chi connectivity index (χ1v) is 14.1. The van der Waals surface area contributed by atoms with E-state index in [-0.39, 0.29) is 5.41 Å². The molecule has 186 valence electrons. The third-order valence-electron chi connectivity index (χ3n) is 13.8. The number of hydrogen-bond acceptors (Lipinski definition) is 3. The minimum atomic E-state index is 0.0117. The topological polar surface area (TPSA) is 41.5 Å². The molecule has 0 aromatic heterocycles. The number of ether oxygens (including phenoxy) is 1. The van der Waals surface area contributed by atoms with Crippen LogP contribution in [0.25, 0.3) is 0 Å². The van der Waals surface area contributed by atoms with Gasteiger partial charge in [0.2, 0.25) is 0 Å². The van der Waals surface area contributed by atoms with Crippen LogP contribution in [0.4, 0.5) is 0 Å². The number of hydroxylamine groups is 1. The van der Waals surface area contributed by atoms with E-state index in [2.05, 4.69) is 60.0 Å². The Kier molecular flexibility index (Phi) is 4.58. The number of rotatable bonds is 1. The molecule has 33 heavy (non-hydrogen) atoms. The summed E-state index contributed by atoms with van der Waals surface area (Å²) in [6.07, 6.45) is 14.9. The van der Waals surface area contributed by atoms with Crippen LogP contribution in [0.3, 0.4) is 0 Å². The summed E-state index contributed by atoms with van der Waals surface area (Å²) >= 11 is 0. The van der Waals surface area contributed by atoms with E-state index in [9.17, 15) is 5.21 Å². The zero-order valence-corrected chi connectivity index (χ0v) is 22.4. The van der Waals surface area contributed by atoms with Gasteiger partial charge in [0, 0.05) is 11.1 Å². The number of nitrogens with one attached hydrogen (secondary N) is 1. The van der Waals surface area contributed by atoms with E-state index in [1.54, 1.807) is 0 Å². The molecular weight excluding hydrogens is 406 g/mol. The molecule has 4 saturated carbocycles. The van der Waals surface area contributed by atoms with E-state index >= 15 is 0 Å². The van der Waals surface area contributed by atoms with Gasteiger partial charge in [-0.3, -0.25) is 10.7 Å². The normalized spacial score (nSPS) is 56.0. The molecule has 1 saturated heterocycles. The summed E-state index contributed by atoms with van der Waals surface area (Å²) in [6, 6.07) is 0. The molecule has 0 spiro atoms. The van der Waals surface area contributed by atoms with Gasteiger partial charge < -0.3 is 4.74 Å². The van der Waals surface area contributed by atoms with Gasteiger partial charge >= 0.3 is 0 Å². The van der Waals surface area contributed by atoms with E-state index in [1.807, 2.05) is 0 Å². The quantitative estimate of drug-likeness (QED) is 0.406. The lowest BCUT2D eigenvalue weighted by Gasteiger charge is -2.72. The highest BCUT2D eigenvalue weighted by molar-refractivity contribution is 5.25. The van der Waals surface area contributed by atoms with Gasteiger partial charge in [0.05, 0.1) is 12.7 Å². The number of hydrogen-bond donors (Lipinski definition) is 2. The van der Waals surface area contributed by atoms with Crippen LogP contribution in [0, 0.1) is 56.2 Å². The Morgan fingerprint density at radius 3 is 2.30 bits per heavy atom. The van der Waals surface area contributed by atoms with Crippen molar-refractivity contribution in [2.24, 2.45) is 56.2 Å². The van der Waals surface area contributed by atoms with Crippen LogP contribution in [0.2, 0.25) is 0 Å². The van der Waals surface area contributed by atoms with Crippen molar-refractivity contribution in [2.75, 3.05) is 6.61 Å². The Bertz CT molecular complexity index is 877. The van der Waals surface area contributed by atoms with E-state index in [0.29, 0.717) is 39.1 Å². The van der Waals surface area contributed by atoms with Crippen LogP contribution in [0.5, 0.6) is 0 Å². The molecule has 0 aromatic carbocycles. The summed E-state index contributed by atoms with van der Waals surface area (Å²) in [4.78, 5) is 0. The van der Waals surface area contributed by atoms with Crippen LogP contribution in [-0.2, 0) is 4.74 Å². The minimum absolute atomic E-state index is 0.0117. The summed E-state index contributed by atoms with van der Waals surface area (Å²) in [5.41, 5.74) is 5.59. The summed E-state index contributed by atoms with van der Waals surface area (Å²) in [7, 11) is 0. The van der Waals surface area contributed by atoms with Gasteiger partial charge in [-0.1, -0.05) is 54.5 Å². The molecule has 5 aliphatic carbocycles. The first-order valence-electron chi connectivity index (χ1n) is 14.1. The van der Waals surface area contributed by atoms with Crippen molar-refractivity contribution >= 4 is 0 Å². The predicted molar refractivity (Wildman–Crippen MR) is 133 cm³/mol. The molecule has 3 nitrogen and oxygen atoms in total. The first kappa shape index (κ1) is 22.9. The van der Waals surface area contributed by atoms with Crippen molar-refractivity contribution in [2.45, 2.75) is 112 Å². The molecule has 1 heterocycles. The molecular formula is C30H49NO2. The van der Waals surface area contributed by atoms with Crippen LogP contribution >= 0.6 is 0 Å². The van der Waals surface area contributed by atoms with Gasteiger partial charge in [-0.2, -0.15) is 0 Å². The molecule has 1 aliphatic heterocycles. The number of allylic oxidation sites excluding steroid dienone is 2. The lowest BCUT2D eigenvalue weighted by molar-refractivity contribution is -0.235. The monoisotopic (exact) mass is 455 g/mol. The maximum absolute atomic E-state index is 9.86. The van der Waals surface area contributed by atoms with Crippen molar-refractivity contribution in [1.82, 2.24) is 5.48 Å². The molecule has 3 heteroatoms. The Morgan fingerprint density at radius 1 is 0.848 bits per heavy atom. The van der Waals surface area contributed by atoms with Gasteiger partial charge in [-0.05, 0) is 109 Å². The zero-order chi connectivity index (χ0) is 23.7. The predicted octanol–water partition coefficient (Wildman–Crippen LogP) is 7.35. The van der Waals surface area contributed by atoms with Crippen molar-refractivity contribution in [1.29, 1.82) is 0 Å². The fourth-order valence-corrected chi connectivity index (χ4v) is 11.8. The largest absolute Gasteiger partial charge is 0.377 e. The highest BCUT2D eigenvalue weighted by atomic mass is 16.5. The van der Waals surface area contributed by atoms with Crippen molar-refractivity contribution in [3.05, 3.63) is 11.8 Å². The molecule has 9 atom stereocenters. The van der Waals surface area contributed by atoms with Crippen molar-refractivity contribution < 1.29 is 9.94 Å². The van der Waals surface area contributed by atoms with Crippen LogP contribution in [0.15, 0.2) is 11.8 Å². The third kappa shape index (κ3) is 2.55. The zero-order valence-electron chi connectivity index (χ0n) is 22.4. The first-order chi connectivity index (χ1) is 15.4. The Labute approximate surface area is 202 Å². The Hall–Kier alpha value is -0.540. The third-order valence-corrected chi connectivity index (χ3v) is 13.8. The molecule has 6 rings (SSSR count). The van der Waals surface area contributed by atoms with Crippen molar-refractivity contribution in [3.8, 4) is 0 Å². The maximum Gasteiger partial charge on any atom is 0.0663 e. The minimum Gasteiger partial charge on any atom is -0.377 e. The second-order valence-electron chi connectivity index (χ2n) is 15.4. The average Bonchev–Trinajstić information content (AvgIpc) is 3.07. The van der Waals surface area contributed by atoms with E-state index in [0.717, 1.165) is 36.5 Å². The maximum atomic E-state index is 9.86. The fourth-order valence-electron chi connectivity index (χ4n) is 11.8. The Morgan fingerprint density at radius 2 is 1.58 bits per heavy atom. The summed E-state index contributed by atoms with van der Waals surface area (Å²) in [5.74, 6) is 2.99. The fraction of sp³-hybridized carbons (Fsp3) is 0.933. The van der Waals surface area contributed by atoms with Crippen molar-refractivity contribution in [3.63, 3.8) is 0 Å². The molecule has 0 amide bonds. The highest BCUT2D eigenvalue weighted by Gasteiger charge is 2.72. The summed E-state index contributed by atoms with van der Waals surface area (Å²) in [5, 5.41) is 9.86. The molecule has 2 N–H and O–H groups in total. The second-order valence-corrected chi connectivity index (χ2v) is 15.4. The SMILES string of the molecule is CC1(C)CCC23CCC4(C)C(CCC5C6(C)CC=C(NO)C(C)(C)C6CCC54C)C2C1OC3. The van der Waals surface area contributed by atoms with Crippen LogP contribution in [0.1, 0.15) is 106 Å². The summed E-state index contributed by atoms with van der Waals surface area (Å²) < 4.78 is 6.71. The molecule has 0 aromatic rings. The van der Waals surface area contributed by atoms with E-state index < -0.39 is 0 Å². The van der Waals surface area contributed by atoms with Crippen LogP contribution in [-0.4, -0.2) is 17.9 Å². The lowest BCUT2D eigenvalue weighted by Crippen LogP contribution is -2.67. The molecule has 5 fully saturated rings. The second kappa shape index (κ2) is 6.61. The average molecular weight is 456 g/mol. The van der Waals surface area contributed by atoms with Gasteiger partial charge in [0.1, 0.15) is 0 Å². The highest BCUT2D eigenvalue weighted by Crippen LogP contribution is 2.77. The van der Waals surface area contributed by atoms with Gasteiger partial charge in [0.25, 0.3) is 0 Å². The van der Waals surface area contributed by atoms with E-state index in [4.69, 9.17) is 4.74 Å². The Balaban J connectivity index is 1.40. The van der Waals surface area contributed by atoms with Crippen LogP contribution < -0.4 is 5.48 Å². The van der Waals surface area contributed by atoms with Gasteiger partial charge in [-0.25, -0.2) is 0 Å². The molecule has 9 unspecified atom stereocenters. The van der Waals surface area contributed by atoms with E-state index in [1.165, 1.54) is 51.4 Å². The molecule has 6 aliphatic rings. The van der Waals surface area contributed by atoms with Gasteiger partial charge in [0.15, 0.2) is 0 Å². The number of fused-ring (bicyclic) bond motifs is 5. The smallest absolute Gasteiger partial charge is 0.0663 e.